The highest BCUT2D eigenvalue weighted by Crippen LogP contribution is 2.22. The molecule has 0 spiro atoms. The van der Waals surface area contributed by atoms with Gasteiger partial charge in [0.05, 0.1) is 9.26 Å². The van der Waals surface area contributed by atoms with Gasteiger partial charge < -0.3 is 10.4 Å². The number of hydrogen-bond donors (Lipinski definition) is 2. The summed E-state index contributed by atoms with van der Waals surface area (Å²) in [6.07, 6.45) is 0. The number of aromatic hydroxyl groups is 1. The van der Waals surface area contributed by atoms with Crippen molar-refractivity contribution in [1.29, 1.82) is 0 Å². The molecule has 0 aliphatic heterocycles. The average molecular weight is 371 g/mol. The fourth-order valence-corrected chi connectivity index (χ4v) is 1.91. The summed E-state index contributed by atoms with van der Waals surface area (Å²) in [5.41, 5.74) is 1.17. The molecule has 2 rings (SSSR count). The van der Waals surface area contributed by atoms with Crippen molar-refractivity contribution >= 4 is 34.2 Å². The van der Waals surface area contributed by atoms with E-state index in [0.29, 0.717) is 3.57 Å². The molecule has 1 amide bonds. The molecule has 0 aliphatic carbocycles. The Kier molecular flexibility index (Phi) is 4.04. The molecular weight excluding hydrogens is 360 g/mol. The average Bonchev–Trinajstić information content (AvgIpc) is 2.36. The number of benzene rings is 2. The maximum atomic E-state index is 13.6. The zero-order valence-electron chi connectivity index (χ0n) is 10.1. The zero-order valence-corrected chi connectivity index (χ0v) is 12.2. The molecule has 0 saturated heterocycles. The molecule has 0 saturated carbocycles. The van der Waals surface area contributed by atoms with Crippen LogP contribution in [0.25, 0.3) is 0 Å². The summed E-state index contributed by atoms with van der Waals surface area (Å²) in [4.78, 5) is 11.9. The Balaban J connectivity index is 2.23. The van der Waals surface area contributed by atoms with Crippen LogP contribution in [0, 0.1) is 16.3 Å². The van der Waals surface area contributed by atoms with Crippen LogP contribution in [-0.4, -0.2) is 11.0 Å². The van der Waals surface area contributed by atoms with Gasteiger partial charge in [-0.15, -0.1) is 0 Å². The third kappa shape index (κ3) is 3.23. The van der Waals surface area contributed by atoms with Crippen LogP contribution in [-0.2, 0) is 0 Å². The highest BCUT2D eigenvalue weighted by molar-refractivity contribution is 14.1. The lowest BCUT2D eigenvalue weighted by Gasteiger charge is -2.07. The molecular formula is C14H11FINO2. The fourth-order valence-electron chi connectivity index (χ4n) is 1.57. The summed E-state index contributed by atoms with van der Waals surface area (Å²) >= 11 is 1.96. The van der Waals surface area contributed by atoms with Gasteiger partial charge in [-0.1, -0.05) is 6.07 Å². The standard InChI is InChI=1S/C14H11FINO2/c1-8-2-5-12(10(15)6-8)17-14(19)9-3-4-11(16)13(18)7-9/h2-7,18H,1H3,(H,17,19). The molecule has 0 atom stereocenters. The molecule has 0 radical (unpaired) electrons. The van der Waals surface area contributed by atoms with E-state index in [1.54, 1.807) is 25.1 Å². The van der Waals surface area contributed by atoms with Gasteiger partial charge in [0, 0.05) is 5.56 Å². The van der Waals surface area contributed by atoms with Crippen LogP contribution < -0.4 is 5.32 Å². The SMILES string of the molecule is Cc1ccc(NC(=O)c2ccc(I)c(O)c2)c(F)c1. The molecule has 2 aromatic carbocycles. The van der Waals surface area contributed by atoms with E-state index >= 15 is 0 Å². The van der Waals surface area contributed by atoms with Gasteiger partial charge in [-0.25, -0.2) is 4.39 Å². The summed E-state index contributed by atoms with van der Waals surface area (Å²) in [7, 11) is 0. The Bertz CT molecular complexity index is 643. The molecule has 98 valence electrons. The van der Waals surface area contributed by atoms with E-state index in [2.05, 4.69) is 5.32 Å². The van der Waals surface area contributed by atoms with Crippen LogP contribution >= 0.6 is 22.6 Å². The molecule has 0 aromatic heterocycles. The zero-order chi connectivity index (χ0) is 14.0. The summed E-state index contributed by atoms with van der Waals surface area (Å²) < 4.78 is 14.3. The number of phenols is 1. The van der Waals surface area contributed by atoms with Crippen LogP contribution in [0.5, 0.6) is 5.75 Å². The van der Waals surface area contributed by atoms with E-state index in [4.69, 9.17) is 0 Å². The maximum absolute atomic E-state index is 13.6. The van der Waals surface area contributed by atoms with Crippen molar-refractivity contribution in [2.75, 3.05) is 5.32 Å². The second kappa shape index (κ2) is 5.56. The normalized spacial score (nSPS) is 10.3. The monoisotopic (exact) mass is 371 g/mol. The van der Waals surface area contributed by atoms with Crippen molar-refractivity contribution in [2.45, 2.75) is 6.92 Å². The van der Waals surface area contributed by atoms with Crippen LogP contribution in [0.4, 0.5) is 10.1 Å². The number of anilines is 1. The largest absolute Gasteiger partial charge is 0.507 e. The Morgan fingerprint density at radius 1 is 1.26 bits per heavy atom. The molecule has 0 fully saturated rings. The van der Waals surface area contributed by atoms with E-state index in [1.165, 1.54) is 18.2 Å². The molecule has 3 nitrogen and oxygen atoms in total. The van der Waals surface area contributed by atoms with Gasteiger partial charge in [-0.05, 0) is 65.4 Å². The van der Waals surface area contributed by atoms with Crippen molar-refractivity contribution in [2.24, 2.45) is 0 Å². The molecule has 2 aromatic rings. The summed E-state index contributed by atoms with van der Waals surface area (Å²) in [5, 5.41) is 12.0. The summed E-state index contributed by atoms with van der Waals surface area (Å²) in [6, 6.07) is 9.11. The number of carbonyl (C=O) groups excluding carboxylic acids is 1. The number of rotatable bonds is 2. The number of amides is 1. The fraction of sp³-hybridized carbons (Fsp3) is 0.0714. The molecule has 5 heteroatoms. The first-order valence-electron chi connectivity index (χ1n) is 5.53. The number of carbonyl (C=O) groups is 1. The number of aryl methyl sites for hydroxylation is 1. The third-order valence-electron chi connectivity index (χ3n) is 2.58. The number of phenolic OH excluding ortho intramolecular Hbond substituents is 1. The third-order valence-corrected chi connectivity index (χ3v) is 3.49. The molecule has 0 unspecified atom stereocenters. The first-order chi connectivity index (χ1) is 8.97. The second-order valence-corrected chi connectivity index (χ2v) is 5.27. The topological polar surface area (TPSA) is 49.3 Å². The second-order valence-electron chi connectivity index (χ2n) is 4.10. The lowest BCUT2D eigenvalue weighted by Crippen LogP contribution is -2.13. The summed E-state index contributed by atoms with van der Waals surface area (Å²) in [5.74, 6) is -0.921. The molecule has 2 N–H and O–H groups in total. The van der Waals surface area contributed by atoms with Gasteiger partial charge in [0.25, 0.3) is 5.91 Å². The first kappa shape index (κ1) is 13.8. The van der Waals surface area contributed by atoms with E-state index in [0.717, 1.165) is 5.56 Å². The van der Waals surface area contributed by atoms with Gasteiger partial charge in [0.1, 0.15) is 11.6 Å². The minimum absolute atomic E-state index is 0.0256. The number of halogens is 2. The first-order valence-corrected chi connectivity index (χ1v) is 6.61. The lowest BCUT2D eigenvalue weighted by molar-refractivity contribution is 0.102. The van der Waals surface area contributed by atoms with E-state index < -0.39 is 11.7 Å². The number of nitrogens with one attached hydrogen (secondary N) is 1. The van der Waals surface area contributed by atoms with Gasteiger partial charge in [-0.2, -0.15) is 0 Å². The Labute approximate surface area is 123 Å². The minimum atomic E-state index is -0.483. The predicted molar refractivity (Wildman–Crippen MR) is 79.9 cm³/mol. The van der Waals surface area contributed by atoms with Crippen molar-refractivity contribution in [3.8, 4) is 5.75 Å². The van der Waals surface area contributed by atoms with Gasteiger partial charge >= 0.3 is 0 Å². The predicted octanol–water partition coefficient (Wildman–Crippen LogP) is 3.70. The lowest BCUT2D eigenvalue weighted by atomic mass is 10.2. The smallest absolute Gasteiger partial charge is 0.255 e. The van der Waals surface area contributed by atoms with Crippen molar-refractivity contribution in [3.63, 3.8) is 0 Å². The number of hydrogen-bond acceptors (Lipinski definition) is 2. The van der Waals surface area contributed by atoms with E-state index in [-0.39, 0.29) is 17.0 Å². The summed E-state index contributed by atoms with van der Waals surface area (Å²) in [6.45, 7) is 1.77. The van der Waals surface area contributed by atoms with Crippen molar-refractivity contribution in [3.05, 3.63) is 56.9 Å². The maximum Gasteiger partial charge on any atom is 0.255 e. The van der Waals surface area contributed by atoms with E-state index in [1.807, 2.05) is 22.6 Å². The van der Waals surface area contributed by atoms with Crippen LogP contribution in [0.2, 0.25) is 0 Å². The van der Waals surface area contributed by atoms with Crippen molar-refractivity contribution < 1.29 is 14.3 Å². The van der Waals surface area contributed by atoms with Crippen LogP contribution in [0.1, 0.15) is 15.9 Å². The van der Waals surface area contributed by atoms with Crippen LogP contribution in [0.15, 0.2) is 36.4 Å². The van der Waals surface area contributed by atoms with Crippen LogP contribution in [0.3, 0.4) is 0 Å². The molecule has 0 heterocycles. The Morgan fingerprint density at radius 3 is 2.63 bits per heavy atom. The highest BCUT2D eigenvalue weighted by atomic mass is 127. The van der Waals surface area contributed by atoms with Gasteiger partial charge in [0.15, 0.2) is 0 Å². The quantitative estimate of drug-likeness (QED) is 0.792. The minimum Gasteiger partial charge on any atom is -0.507 e. The molecule has 19 heavy (non-hydrogen) atoms. The van der Waals surface area contributed by atoms with Gasteiger partial charge in [0.2, 0.25) is 0 Å². The van der Waals surface area contributed by atoms with Gasteiger partial charge in [-0.3, -0.25) is 4.79 Å². The molecule has 0 aliphatic rings. The van der Waals surface area contributed by atoms with E-state index in [9.17, 15) is 14.3 Å². The highest BCUT2D eigenvalue weighted by Gasteiger charge is 2.11. The Morgan fingerprint density at radius 2 is 2.00 bits per heavy atom. The Hall–Kier alpha value is -1.63. The molecule has 0 bridgehead atoms. The van der Waals surface area contributed by atoms with Crippen molar-refractivity contribution in [1.82, 2.24) is 0 Å².